The van der Waals surface area contributed by atoms with Gasteiger partial charge in [0.05, 0.1) is 0 Å². The van der Waals surface area contributed by atoms with E-state index in [1.165, 1.54) is 35.4 Å². The molecule has 106 valence electrons. The number of hydrogen-bond acceptors (Lipinski definition) is 3. The van der Waals surface area contributed by atoms with Gasteiger partial charge in [-0.2, -0.15) is 0 Å². The van der Waals surface area contributed by atoms with Gasteiger partial charge in [0, 0.05) is 18.2 Å². The van der Waals surface area contributed by atoms with Crippen molar-refractivity contribution < 1.29 is 0 Å². The third-order valence-electron chi connectivity index (χ3n) is 3.87. The van der Waals surface area contributed by atoms with Gasteiger partial charge in [-0.3, -0.25) is 0 Å². The molecule has 0 N–H and O–H groups in total. The van der Waals surface area contributed by atoms with E-state index >= 15 is 0 Å². The molecule has 1 aromatic carbocycles. The zero-order valence-electron chi connectivity index (χ0n) is 12.4. The lowest BCUT2D eigenvalue weighted by Gasteiger charge is -2.08. The van der Waals surface area contributed by atoms with Gasteiger partial charge in [-0.05, 0) is 44.7 Å². The smallest absolute Gasteiger partial charge is 0.191 e. The van der Waals surface area contributed by atoms with Crippen LogP contribution in [0.25, 0.3) is 0 Å². The van der Waals surface area contributed by atoms with E-state index < -0.39 is 0 Å². The maximum atomic E-state index is 4.39. The normalized spacial score (nSPS) is 14.8. The monoisotopic (exact) mass is 287 g/mol. The number of nitrogens with zero attached hydrogens (tertiary/aromatic N) is 3. The van der Waals surface area contributed by atoms with Crippen LogP contribution in [0.5, 0.6) is 0 Å². The fourth-order valence-electron chi connectivity index (χ4n) is 2.45. The molecular formula is C16H21N3S. The molecule has 0 saturated heterocycles. The average Bonchev–Trinajstić information content (AvgIpc) is 3.20. The minimum absolute atomic E-state index is 0.664. The summed E-state index contributed by atoms with van der Waals surface area (Å²) in [5, 5.41) is 9.85. The Morgan fingerprint density at radius 1 is 1.25 bits per heavy atom. The van der Waals surface area contributed by atoms with Crippen molar-refractivity contribution in [1.29, 1.82) is 0 Å². The van der Waals surface area contributed by atoms with E-state index in [2.05, 4.69) is 53.7 Å². The quantitative estimate of drug-likeness (QED) is 0.776. The Morgan fingerprint density at radius 2 is 2.05 bits per heavy atom. The molecule has 0 aliphatic heterocycles. The van der Waals surface area contributed by atoms with Crippen molar-refractivity contribution in [2.75, 3.05) is 0 Å². The van der Waals surface area contributed by atoms with Crippen LogP contribution in [0.15, 0.2) is 23.4 Å². The van der Waals surface area contributed by atoms with Gasteiger partial charge in [0.15, 0.2) is 5.16 Å². The van der Waals surface area contributed by atoms with E-state index in [9.17, 15) is 0 Å². The molecule has 1 fully saturated rings. The molecule has 0 amide bonds. The zero-order chi connectivity index (χ0) is 14.1. The highest BCUT2D eigenvalue weighted by Crippen LogP contribution is 2.40. The van der Waals surface area contributed by atoms with Gasteiger partial charge < -0.3 is 4.57 Å². The second-order valence-electron chi connectivity index (χ2n) is 5.58. The second-order valence-corrected chi connectivity index (χ2v) is 6.52. The van der Waals surface area contributed by atoms with Crippen LogP contribution in [0.2, 0.25) is 0 Å². The molecule has 1 heterocycles. The molecule has 2 aromatic rings. The first-order valence-corrected chi connectivity index (χ1v) is 8.29. The molecule has 20 heavy (non-hydrogen) atoms. The van der Waals surface area contributed by atoms with E-state index in [4.69, 9.17) is 0 Å². The van der Waals surface area contributed by atoms with E-state index in [0.29, 0.717) is 5.92 Å². The number of aromatic nitrogens is 3. The lowest BCUT2D eigenvalue weighted by atomic mass is 10.1. The minimum atomic E-state index is 0.664. The second kappa shape index (κ2) is 5.60. The van der Waals surface area contributed by atoms with Crippen molar-refractivity contribution in [3.8, 4) is 0 Å². The summed E-state index contributed by atoms with van der Waals surface area (Å²) in [7, 11) is 0. The fraction of sp³-hybridized carbons (Fsp3) is 0.500. The van der Waals surface area contributed by atoms with Gasteiger partial charge in [0.25, 0.3) is 0 Å². The summed E-state index contributed by atoms with van der Waals surface area (Å²) in [6.45, 7) is 7.47. The lowest BCUT2D eigenvalue weighted by molar-refractivity contribution is 0.643. The van der Waals surface area contributed by atoms with Crippen LogP contribution in [0.4, 0.5) is 0 Å². The first kappa shape index (κ1) is 13.7. The largest absolute Gasteiger partial charge is 0.306 e. The van der Waals surface area contributed by atoms with Crippen LogP contribution in [0.1, 0.15) is 48.2 Å². The first-order chi connectivity index (χ1) is 9.69. The molecule has 0 bridgehead atoms. The van der Waals surface area contributed by atoms with Crippen molar-refractivity contribution in [1.82, 2.24) is 14.8 Å². The minimum Gasteiger partial charge on any atom is -0.306 e. The van der Waals surface area contributed by atoms with E-state index in [1.54, 1.807) is 11.8 Å². The highest BCUT2D eigenvalue weighted by atomic mass is 32.2. The number of aryl methyl sites for hydroxylation is 2. The molecule has 3 nitrogen and oxygen atoms in total. The molecule has 0 atom stereocenters. The van der Waals surface area contributed by atoms with Crippen LogP contribution in [0.3, 0.4) is 0 Å². The molecule has 0 spiro atoms. The Morgan fingerprint density at radius 3 is 2.75 bits per heavy atom. The summed E-state index contributed by atoms with van der Waals surface area (Å²) >= 11 is 1.80. The number of benzene rings is 1. The van der Waals surface area contributed by atoms with Crippen LogP contribution >= 0.6 is 11.8 Å². The van der Waals surface area contributed by atoms with Gasteiger partial charge in [0.2, 0.25) is 0 Å². The maximum absolute atomic E-state index is 4.39. The average molecular weight is 287 g/mol. The van der Waals surface area contributed by atoms with E-state index in [0.717, 1.165) is 17.5 Å². The van der Waals surface area contributed by atoms with Gasteiger partial charge in [-0.25, -0.2) is 0 Å². The van der Waals surface area contributed by atoms with E-state index in [1.807, 2.05) is 0 Å². The summed E-state index contributed by atoms with van der Waals surface area (Å²) in [4.78, 5) is 0. The summed E-state index contributed by atoms with van der Waals surface area (Å²) < 4.78 is 2.29. The Kier molecular flexibility index (Phi) is 3.83. The van der Waals surface area contributed by atoms with Gasteiger partial charge in [-0.15, -0.1) is 10.2 Å². The van der Waals surface area contributed by atoms with Crippen molar-refractivity contribution >= 4 is 11.8 Å². The summed E-state index contributed by atoms with van der Waals surface area (Å²) in [6, 6.07) is 6.64. The van der Waals surface area contributed by atoms with Gasteiger partial charge in [-0.1, -0.05) is 35.5 Å². The van der Waals surface area contributed by atoms with Crippen molar-refractivity contribution in [3.63, 3.8) is 0 Å². The number of hydrogen-bond donors (Lipinski definition) is 0. The molecule has 1 aromatic heterocycles. The molecule has 4 heteroatoms. The molecule has 1 saturated carbocycles. The van der Waals surface area contributed by atoms with Gasteiger partial charge >= 0.3 is 0 Å². The highest BCUT2D eigenvalue weighted by Gasteiger charge is 2.29. The Bertz CT molecular complexity index is 614. The molecular weight excluding hydrogens is 266 g/mol. The summed E-state index contributed by atoms with van der Waals surface area (Å²) in [5.41, 5.74) is 4.07. The summed E-state index contributed by atoms with van der Waals surface area (Å²) in [5.74, 6) is 2.82. The van der Waals surface area contributed by atoms with Crippen LogP contribution in [-0.4, -0.2) is 14.8 Å². The van der Waals surface area contributed by atoms with Crippen molar-refractivity contribution in [3.05, 3.63) is 40.7 Å². The van der Waals surface area contributed by atoms with Crippen LogP contribution in [0, 0.1) is 13.8 Å². The predicted molar refractivity (Wildman–Crippen MR) is 83.1 cm³/mol. The molecule has 3 rings (SSSR count). The molecule has 1 aliphatic rings. The Hall–Kier alpha value is -1.29. The van der Waals surface area contributed by atoms with Crippen LogP contribution in [-0.2, 0) is 12.3 Å². The van der Waals surface area contributed by atoms with Crippen molar-refractivity contribution in [2.24, 2.45) is 0 Å². The molecule has 1 aliphatic carbocycles. The zero-order valence-corrected chi connectivity index (χ0v) is 13.2. The highest BCUT2D eigenvalue weighted by molar-refractivity contribution is 7.98. The maximum Gasteiger partial charge on any atom is 0.191 e. The predicted octanol–water partition coefficient (Wildman–Crippen LogP) is 4.08. The topological polar surface area (TPSA) is 30.7 Å². The van der Waals surface area contributed by atoms with E-state index in [-0.39, 0.29) is 0 Å². The summed E-state index contributed by atoms with van der Waals surface area (Å²) in [6.07, 6.45) is 2.56. The SMILES string of the molecule is CCn1c(SCc2cc(C)ccc2C)nnc1C1CC1. The third-order valence-corrected chi connectivity index (χ3v) is 4.88. The Labute approximate surface area is 124 Å². The van der Waals surface area contributed by atoms with Crippen LogP contribution < -0.4 is 0 Å². The third kappa shape index (κ3) is 2.75. The number of rotatable bonds is 5. The fourth-order valence-corrected chi connectivity index (χ4v) is 3.52. The first-order valence-electron chi connectivity index (χ1n) is 7.31. The molecule has 0 unspecified atom stereocenters. The molecule has 0 radical (unpaired) electrons. The standard InChI is InChI=1S/C16H21N3S/c1-4-19-15(13-7-8-13)17-18-16(19)20-10-14-9-11(2)5-6-12(14)3/h5-6,9,13H,4,7-8,10H2,1-3H3. The van der Waals surface area contributed by atoms with Gasteiger partial charge in [0.1, 0.15) is 5.82 Å². The lowest BCUT2D eigenvalue weighted by Crippen LogP contribution is -2.02. The van der Waals surface area contributed by atoms with Crippen molar-refractivity contribution in [2.45, 2.75) is 57.0 Å². The number of thioether (sulfide) groups is 1. The Balaban J connectivity index is 1.76.